The van der Waals surface area contributed by atoms with Gasteiger partial charge in [-0.05, 0) is 34.1 Å². The number of fused-ring (bicyclic) bond motifs is 1. The summed E-state index contributed by atoms with van der Waals surface area (Å²) in [5.74, 6) is 0.744. The molecule has 136 valence electrons. The van der Waals surface area contributed by atoms with Crippen LogP contribution in [-0.2, 0) is 17.7 Å². The molecule has 0 atom stereocenters. The van der Waals surface area contributed by atoms with E-state index >= 15 is 0 Å². The van der Waals surface area contributed by atoms with Gasteiger partial charge in [-0.25, -0.2) is 0 Å². The Morgan fingerprint density at radius 1 is 1.31 bits per heavy atom. The van der Waals surface area contributed by atoms with Gasteiger partial charge in [0, 0.05) is 42.7 Å². The van der Waals surface area contributed by atoms with E-state index in [-0.39, 0.29) is 12.0 Å². The zero-order valence-electron chi connectivity index (χ0n) is 14.4. The number of hydrogen-bond donors (Lipinski definition) is 0. The van der Waals surface area contributed by atoms with Crippen molar-refractivity contribution in [2.45, 2.75) is 31.9 Å². The zero-order chi connectivity index (χ0) is 17.9. The lowest BCUT2D eigenvalue weighted by molar-refractivity contribution is 0.0247. The summed E-state index contributed by atoms with van der Waals surface area (Å²) >= 11 is 3.40. The van der Waals surface area contributed by atoms with Crippen LogP contribution >= 0.6 is 15.9 Å². The van der Waals surface area contributed by atoms with Crippen molar-refractivity contribution >= 4 is 21.8 Å². The summed E-state index contributed by atoms with van der Waals surface area (Å²) in [4.78, 5) is 23.5. The molecule has 6 nitrogen and oxygen atoms in total. The molecular formula is C19H20BrN3O3. The third-order valence-electron chi connectivity index (χ3n) is 4.72. The second-order valence-electron chi connectivity index (χ2n) is 6.50. The van der Waals surface area contributed by atoms with Gasteiger partial charge in [0.1, 0.15) is 17.5 Å². The van der Waals surface area contributed by atoms with Crippen molar-refractivity contribution in [1.82, 2.24) is 14.9 Å². The Balaban J connectivity index is 1.51. The number of carbonyl (C=O) groups is 1. The standard InChI is InChI=1S/C19H20BrN3O3/c20-13-10-15-16(22-11-13)3-7-23(19(15)24)12-17-18(2-1-6-21-17)26-14-4-8-25-9-5-14/h1-2,6,10-11,14H,3-5,7-9,12H2. The molecule has 4 rings (SSSR count). The molecule has 1 saturated heterocycles. The molecule has 2 aliphatic rings. The number of nitrogens with zero attached hydrogens (tertiary/aromatic N) is 3. The summed E-state index contributed by atoms with van der Waals surface area (Å²) in [5.41, 5.74) is 2.31. The lowest BCUT2D eigenvalue weighted by Gasteiger charge is -2.29. The number of aromatic nitrogens is 2. The van der Waals surface area contributed by atoms with Crippen LogP contribution in [0.15, 0.2) is 35.1 Å². The molecule has 7 heteroatoms. The fourth-order valence-electron chi connectivity index (χ4n) is 3.32. The smallest absolute Gasteiger partial charge is 0.256 e. The Morgan fingerprint density at radius 3 is 3.00 bits per heavy atom. The Bertz CT molecular complexity index is 808. The van der Waals surface area contributed by atoms with Crippen LogP contribution in [0.4, 0.5) is 0 Å². The van der Waals surface area contributed by atoms with Gasteiger partial charge in [-0.3, -0.25) is 14.8 Å². The first kappa shape index (κ1) is 17.4. The van der Waals surface area contributed by atoms with Crippen molar-refractivity contribution < 1.29 is 14.3 Å². The molecule has 1 fully saturated rings. The van der Waals surface area contributed by atoms with Gasteiger partial charge in [0.05, 0.1) is 31.0 Å². The van der Waals surface area contributed by atoms with Crippen molar-refractivity contribution in [3.8, 4) is 5.75 Å². The van der Waals surface area contributed by atoms with E-state index in [0.29, 0.717) is 18.7 Å². The van der Waals surface area contributed by atoms with Gasteiger partial charge in [-0.15, -0.1) is 0 Å². The van der Waals surface area contributed by atoms with Gasteiger partial charge in [0.25, 0.3) is 5.91 Å². The summed E-state index contributed by atoms with van der Waals surface area (Å²) in [7, 11) is 0. The molecular weight excluding hydrogens is 398 g/mol. The molecule has 0 spiro atoms. The summed E-state index contributed by atoms with van der Waals surface area (Å²) in [6.07, 6.45) is 6.13. The fourth-order valence-corrected chi connectivity index (χ4v) is 3.65. The highest BCUT2D eigenvalue weighted by molar-refractivity contribution is 9.10. The molecule has 1 amide bonds. The fraction of sp³-hybridized carbons (Fsp3) is 0.421. The third kappa shape index (κ3) is 3.73. The van der Waals surface area contributed by atoms with Crippen LogP contribution in [0.3, 0.4) is 0 Å². The maximum atomic E-state index is 12.9. The van der Waals surface area contributed by atoms with Crippen LogP contribution in [0.25, 0.3) is 0 Å². The highest BCUT2D eigenvalue weighted by Gasteiger charge is 2.27. The van der Waals surface area contributed by atoms with E-state index in [0.717, 1.165) is 54.1 Å². The largest absolute Gasteiger partial charge is 0.488 e. The summed E-state index contributed by atoms with van der Waals surface area (Å²) in [5, 5.41) is 0. The molecule has 0 bridgehead atoms. The van der Waals surface area contributed by atoms with Gasteiger partial charge in [0.2, 0.25) is 0 Å². The van der Waals surface area contributed by atoms with Crippen LogP contribution < -0.4 is 4.74 Å². The van der Waals surface area contributed by atoms with Crippen molar-refractivity contribution in [3.63, 3.8) is 0 Å². The van der Waals surface area contributed by atoms with Crippen molar-refractivity contribution in [2.75, 3.05) is 19.8 Å². The van der Waals surface area contributed by atoms with Crippen molar-refractivity contribution in [3.05, 3.63) is 52.0 Å². The number of ether oxygens (including phenoxy) is 2. The predicted molar refractivity (Wildman–Crippen MR) is 99.1 cm³/mol. The molecule has 0 unspecified atom stereocenters. The van der Waals surface area contributed by atoms with E-state index in [1.54, 1.807) is 12.4 Å². The average molecular weight is 418 g/mol. The molecule has 26 heavy (non-hydrogen) atoms. The lowest BCUT2D eigenvalue weighted by Crippen LogP contribution is -2.38. The molecule has 0 saturated carbocycles. The second-order valence-corrected chi connectivity index (χ2v) is 7.42. The average Bonchev–Trinajstić information content (AvgIpc) is 2.67. The van der Waals surface area contributed by atoms with Gasteiger partial charge in [-0.2, -0.15) is 0 Å². The number of carbonyl (C=O) groups excluding carboxylic acids is 1. The van der Waals surface area contributed by atoms with E-state index in [9.17, 15) is 4.79 Å². The quantitative estimate of drug-likeness (QED) is 0.764. The first-order valence-corrected chi connectivity index (χ1v) is 9.62. The SMILES string of the molecule is O=C1c2cc(Br)cnc2CCN1Cc1ncccc1OC1CCOCC1. The number of hydrogen-bond acceptors (Lipinski definition) is 5. The van der Waals surface area contributed by atoms with E-state index in [2.05, 4.69) is 25.9 Å². The third-order valence-corrected chi connectivity index (χ3v) is 5.16. The van der Waals surface area contributed by atoms with Crippen LogP contribution in [-0.4, -0.2) is 46.6 Å². The van der Waals surface area contributed by atoms with Gasteiger partial charge < -0.3 is 14.4 Å². The Morgan fingerprint density at radius 2 is 2.15 bits per heavy atom. The number of pyridine rings is 2. The van der Waals surface area contributed by atoms with Crippen LogP contribution in [0, 0.1) is 0 Å². The second kappa shape index (κ2) is 7.72. The maximum Gasteiger partial charge on any atom is 0.256 e. The molecule has 0 N–H and O–H groups in total. The molecule has 0 aliphatic carbocycles. The Hall–Kier alpha value is -1.99. The van der Waals surface area contributed by atoms with Crippen molar-refractivity contribution in [2.24, 2.45) is 0 Å². The van der Waals surface area contributed by atoms with E-state index < -0.39 is 0 Å². The zero-order valence-corrected chi connectivity index (χ0v) is 15.9. The monoisotopic (exact) mass is 417 g/mol. The minimum absolute atomic E-state index is 0.0114. The summed E-state index contributed by atoms with van der Waals surface area (Å²) in [6, 6.07) is 5.64. The molecule has 2 aromatic rings. The van der Waals surface area contributed by atoms with Crippen molar-refractivity contribution in [1.29, 1.82) is 0 Å². The minimum Gasteiger partial charge on any atom is -0.488 e. The van der Waals surface area contributed by atoms with Crippen LogP contribution in [0.5, 0.6) is 5.75 Å². The van der Waals surface area contributed by atoms with E-state index in [1.807, 2.05) is 23.1 Å². The van der Waals surface area contributed by atoms with E-state index in [1.165, 1.54) is 0 Å². The predicted octanol–water partition coefficient (Wildman–Crippen LogP) is 3.00. The Labute approximate surface area is 160 Å². The van der Waals surface area contributed by atoms with Gasteiger partial charge in [0.15, 0.2) is 0 Å². The molecule has 2 aliphatic heterocycles. The van der Waals surface area contributed by atoms with Crippen LogP contribution in [0.1, 0.15) is 34.6 Å². The summed E-state index contributed by atoms with van der Waals surface area (Å²) in [6.45, 7) is 2.52. The minimum atomic E-state index is -0.0114. The number of amides is 1. The van der Waals surface area contributed by atoms with Gasteiger partial charge >= 0.3 is 0 Å². The number of halogens is 1. The molecule has 0 aromatic carbocycles. The van der Waals surface area contributed by atoms with Crippen LogP contribution in [0.2, 0.25) is 0 Å². The molecule has 2 aromatic heterocycles. The van der Waals surface area contributed by atoms with Gasteiger partial charge in [-0.1, -0.05) is 0 Å². The first-order chi connectivity index (χ1) is 12.7. The highest BCUT2D eigenvalue weighted by Crippen LogP contribution is 2.26. The molecule has 0 radical (unpaired) electrons. The number of rotatable bonds is 4. The maximum absolute atomic E-state index is 12.9. The Kier molecular flexibility index (Phi) is 5.17. The normalized spacial score (nSPS) is 17.9. The first-order valence-electron chi connectivity index (χ1n) is 8.82. The summed E-state index contributed by atoms with van der Waals surface area (Å²) < 4.78 is 12.4. The topological polar surface area (TPSA) is 64.6 Å². The van der Waals surface area contributed by atoms with E-state index in [4.69, 9.17) is 9.47 Å². The molecule has 4 heterocycles. The highest BCUT2D eigenvalue weighted by atomic mass is 79.9. The lowest BCUT2D eigenvalue weighted by atomic mass is 10.0.